The molecule has 0 aromatic heterocycles. The highest BCUT2D eigenvalue weighted by Gasteiger charge is 2.29. The van der Waals surface area contributed by atoms with Gasteiger partial charge < -0.3 is 10.1 Å². The molecule has 1 aliphatic heterocycles. The van der Waals surface area contributed by atoms with Gasteiger partial charge in [-0.2, -0.15) is 0 Å². The van der Waals surface area contributed by atoms with Crippen molar-refractivity contribution in [3.8, 4) is 0 Å². The number of hydrogen-bond acceptors (Lipinski definition) is 4. The van der Waals surface area contributed by atoms with Crippen LogP contribution in [0, 0.1) is 0 Å². The molecule has 1 aromatic carbocycles. The van der Waals surface area contributed by atoms with Crippen molar-refractivity contribution >= 4 is 17.7 Å². The van der Waals surface area contributed by atoms with Crippen LogP contribution in [0.4, 0.5) is 10.5 Å². The van der Waals surface area contributed by atoms with Gasteiger partial charge in [-0.25, -0.2) is 4.79 Å². The minimum Gasteiger partial charge on any atom is -0.444 e. The Kier molecular flexibility index (Phi) is 7.17. The van der Waals surface area contributed by atoms with Crippen LogP contribution < -0.4 is 10.6 Å². The minimum absolute atomic E-state index is 0.0921. The van der Waals surface area contributed by atoms with Crippen LogP contribution in [0.2, 0.25) is 0 Å². The molecule has 0 radical (unpaired) electrons. The van der Waals surface area contributed by atoms with E-state index < -0.39 is 11.7 Å². The van der Waals surface area contributed by atoms with Gasteiger partial charge in [0.1, 0.15) is 5.60 Å². The van der Waals surface area contributed by atoms with E-state index in [1.54, 1.807) is 24.3 Å². The number of hydrogen-bond donors (Lipinski definition) is 2. The molecule has 2 amide bonds. The summed E-state index contributed by atoms with van der Waals surface area (Å²) in [7, 11) is 0. The Morgan fingerprint density at radius 3 is 2.48 bits per heavy atom. The average molecular weight is 402 g/mol. The summed E-state index contributed by atoms with van der Waals surface area (Å²) in [5.74, 6) is -0.0921. The van der Waals surface area contributed by atoms with Crippen molar-refractivity contribution in [3.63, 3.8) is 0 Å². The predicted octanol–water partition coefficient (Wildman–Crippen LogP) is 4.56. The van der Waals surface area contributed by atoms with Gasteiger partial charge in [0.25, 0.3) is 5.91 Å². The van der Waals surface area contributed by atoms with Crippen LogP contribution in [0.5, 0.6) is 0 Å². The largest absolute Gasteiger partial charge is 0.444 e. The molecule has 2 N–H and O–H groups in total. The molecule has 1 saturated heterocycles. The average Bonchev–Trinajstić information content (AvgIpc) is 2.93. The number of nitrogens with zero attached hydrogens (tertiary/aromatic N) is 1. The molecule has 1 saturated carbocycles. The standard InChI is InChI=1S/C23H35N3O3/c1-23(2,3)29-22(28)25-18-10-8-9-17(15-18)21(27)24-19-13-14-26(16-19)20-11-6-4-5-7-12-20/h8-10,15,19-20H,4-7,11-14,16H2,1-3H3,(H,24,27)(H,25,28). The van der Waals surface area contributed by atoms with Crippen LogP contribution >= 0.6 is 0 Å². The Hall–Kier alpha value is -2.08. The van der Waals surface area contributed by atoms with E-state index in [0.717, 1.165) is 19.5 Å². The molecule has 1 aromatic rings. The molecule has 6 heteroatoms. The lowest BCUT2D eigenvalue weighted by atomic mass is 10.1. The van der Waals surface area contributed by atoms with Crippen molar-refractivity contribution < 1.29 is 14.3 Å². The zero-order valence-corrected chi connectivity index (χ0v) is 18.0. The molecular formula is C23H35N3O3. The molecule has 160 valence electrons. The van der Waals surface area contributed by atoms with E-state index in [9.17, 15) is 9.59 Å². The van der Waals surface area contributed by atoms with Gasteiger partial charge in [-0.05, 0) is 58.2 Å². The zero-order chi connectivity index (χ0) is 20.9. The number of amides is 2. The van der Waals surface area contributed by atoms with Gasteiger partial charge >= 0.3 is 6.09 Å². The number of carbonyl (C=O) groups excluding carboxylic acids is 2. The topological polar surface area (TPSA) is 70.7 Å². The van der Waals surface area contributed by atoms with E-state index in [2.05, 4.69) is 15.5 Å². The van der Waals surface area contributed by atoms with Crippen molar-refractivity contribution in [2.75, 3.05) is 18.4 Å². The van der Waals surface area contributed by atoms with E-state index in [0.29, 0.717) is 17.3 Å². The molecule has 0 bridgehead atoms. The summed E-state index contributed by atoms with van der Waals surface area (Å²) in [6.45, 7) is 7.45. The normalized spacial score (nSPS) is 21.4. The summed E-state index contributed by atoms with van der Waals surface area (Å²) in [5, 5.41) is 5.87. The predicted molar refractivity (Wildman–Crippen MR) is 115 cm³/mol. The molecule has 29 heavy (non-hydrogen) atoms. The lowest BCUT2D eigenvalue weighted by molar-refractivity contribution is 0.0635. The van der Waals surface area contributed by atoms with E-state index in [1.807, 2.05) is 20.8 Å². The molecule has 1 unspecified atom stereocenters. The first kappa shape index (κ1) is 21.6. The maximum absolute atomic E-state index is 12.7. The molecule has 3 rings (SSSR count). The highest BCUT2D eigenvalue weighted by atomic mass is 16.6. The highest BCUT2D eigenvalue weighted by molar-refractivity contribution is 5.96. The summed E-state index contributed by atoms with van der Waals surface area (Å²) >= 11 is 0. The van der Waals surface area contributed by atoms with Crippen molar-refractivity contribution in [1.29, 1.82) is 0 Å². The van der Waals surface area contributed by atoms with Gasteiger partial charge in [-0.3, -0.25) is 15.0 Å². The Balaban J connectivity index is 1.52. The number of ether oxygens (including phenoxy) is 1. The van der Waals surface area contributed by atoms with Crippen LogP contribution in [0.1, 0.15) is 76.1 Å². The molecule has 1 heterocycles. The van der Waals surface area contributed by atoms with Gasteiger partial charge in [-0.1, -0.05) is 31.7 Å². The molecule has 1 atom stereocenters. The first-order valence-corrected chi connectivity index (χ1v) is 11.0. The van der Waals surface area contributed by atoms with Gasteiger partial charge in [0, 0.05) is 36.4 Å². The maximum Gasteiger partial charge on any atom is 0.412 e. The third-order valence-corrected chi connectivity index (χ3v) is 5.67. The van der Waals surface area contributed by atoms with Crippen LogP contribution in [-0.4, -0.2) is 47.7 Å². The molecular weight excluding hydrogens is 366 g/mol. The van der Waals surface area contributed by atoms with E-state index >= 15 is 0 Å². The molecule has 1 aliphatic carbocycles. The molecule has 0 spiro atoms. The van der Waals surface area contributed by atoms with Gasteiger partial charge in [0.15, 0.2) is 0 Å². The van der Waals surface area contributed by atoms with Crippen LogP contribution in [-0.2, 0) is 4.74 Å². The third kappa shape index (κ3) is 6.74. The summed E-state index contributed by atoms with van der Waals surface area (Å²) in [4.78, 5) is 27.3. The summed E-state index contributed by atoms with van der Waals surface area (Å²) in [6.07, 6.45) is 8.43. The lowest BCUT2D eigenvalue weighted by Crippen LogP contribution is -2.39. The summed E-state index contributed by atoms with van der Waals surface area (Å²) in [5.41, 5.74) is 0.537. The van der Waals surface area contributed by atoms with Crippen LogP contribution in [0.15, 0.2) is 24.3 Å². The quantitative estimate of drug-likeness (QED) is 0.726. The second-order valence-electron chi connectivity index (χ2n) is 9.31. The fourth-order valence-electron chi connectivity index (χ4n) is 4.29. The fourth-order valence-corrected chi connectivity index (χ4v) is 4.29. The third-order valence-electron chi connectivity index (χ3n) is 5.67. The number of nitrogens with one attached hydrogen (secondary N) is 2. The van der Waals surface area contributed by atoms with Crippen molar-refractivity contribution in [2.24, 2.45) is 0 Å². The lowest BCUT2D eigenvalue weighted by Gasteiger charge is -2.26. The number of benzene rings is 1. The first-order chi connectivity index (χ1) is 13.8. The number of carbonyl (C=O) groups is 2. The number of anilines is 1. The Labute approximate surface area is 174 Å². The molecule has 2 aliphatic rings. The maximum atomic E-state index is 12.7. The second-order valence-corrected chi connectivity index (χ2v) is 9.31. The second kappa shape index (κ2) is 9.61. The van der Waals surface area contributed by atoms with Crippen molar-refractivity contribution in [2.45, 2.75) is 83.4 Å². The number of rotatable bonds is 4. The summed E-state index contributed by atoms with van der Waals surface area (Å²) in [6, 6.07) is 7.86. The Morgan fingerprint density at radius 2 is 1.79 bits per heavy atom. The van der Waals surface area contributed by atoms with Crippen molar-refractivity contribution in [1.82, 2.24) is 10.2 Å². The van der Waals surface area contributed by atoms with Gasteiger partial charge in [0.05, 0.1) is 0 Å². The summed E-state index contributed by atoms with van der Waals surface area (Å²) < 4.78 is 5.27. The van der Waals surface area contributed by atoms with E-state index in [-0.39, 0.29) is 11.9 Å². The number of likely N-dealkylation sites (tertiary alicyclic amines) is 1. The first-order valence-electron chi connectivity index (χ1n) is 11.0. The molecule has 6 nitrogen and oxygen atoms in total. The van der Waals surface area contributed by atoms with Crippen LogP contribution in [0.25, 0.3) is 0 Å². The Bertz CT molecular complexity index is 706. The van der Waals surface area contributed by atoms with E-state index in [1.165, 1.54) is 38.5 Å². The van der Waals surface area contributed by atoms with E-state index in [4.69, 9.17) is 4.74 Å². The fraction of sp³-hybridized carbons (Fsp3) is 0.652. The van der Waals surface area contributed by atoms with Crippen LogP contribution in [0.3, 0.4) is 0 Å². The highest BCUT2D eigenvalue weighted by Crippen LogP contribution is 2.25. The Morgan fingerprint density at radius 1 is 1.07 bits per heavy atom. The molecule has 2 fully saturated rings. The SMILES string of the molecule is CC(C)(C)OC(=O)Nc1cccc(C(=O)NC2CCN(C3CCCCCC3)C2)c1. The zero-order valence-electron chi connectivity index (χ0n) is 18.0. The minimum atomic E-state index is -0.565. The monoisotopic (exact) mass is 401 g/mol. The van der Waals surface area contributed by atoms with Crippen molar-refractivity contribution in [3.05, 3.63) is 29.8 Å². The van der Waals surface area contributed by atoms with Gasteiger partial charge in [0.2, 0.25) is 0 Å². The smallest absolute Gasteiger partial charge is 0.412 e. The van der Waals surface area contributed by atoms with Gasteiger partial charge in [-0.15, -0.1) is 0 Å².